The maximum absolute atomic E-state index is 12.0. The summed E-state index contributed by atoms with van der Waals surface area (Å²) >= 11 is 7.04. The van der Waals surface area contributed by atoms with Crippen molar-refractivity contribution in [3.8, 4) is 11.4 Å². The first-order chi connectivity index (χ1) is 18.7. The zero-order valence-electron chi connectivity index (χ0n) is 21.1. The fraction of sp³-hybridized carbons (Fsp3) is 0.320. The van der Waals surface area contributed by atoms with Crippen molar-refractivity contribution in [2.75, 3.05) is 6.61 Å². The average Bonchev–Trinajstić information content (AvgIpc) is 3.29. The number of carbonyl (C=O) groups is 3. The van der Waals surface area contributed by atoms with E-state index in [4.69, 9.17) is 30.5 Å². The molecule has 0 radical (unpaired) electrons. The molecule has 0 aliphatic carbocycles. The maximum Gasteiger partial charge on any atom is 0.303 e. The van der Waals surface area contributed by atoms with Crippen LogP contribution in [0, 0.1) is 0 Å². The summed E-state index contributed by atoms with van der Waals surface area (Å²) in [6, 6.07) is 10.6. The monoisotopic (exact) mass is 573 g/mol. The second-order valence-corrected chi connectivity index (χ2v) is 9.77. The molecule has 204 valence electrons. The van der Waals surface area contributed by atoms with Crippen LogP contribution in [0.25, 0.3) is 11.4 Å². The third-order valence-corrected chi connectivity index (χ3v) is 6.60. The van der Waals surface area contributed by atoms with Gasteiger partial charge < -0.3 is 18.9 Å². The standard InChI is InChI=1S/C25H24ClN5O7S/c1-14(32)36-20-13-35-24(22(38-16(3)34)21(20)37-15(2)33)39-25-30-29-23(18-5-4-10-27-12-18)31(25)28-11-17-6-8-19(26)9-7-17/h4-12,20-22,24H,13H2,1-3H3/b28-11+/t20-,21-,22+,24-/m0/s1. The van der Waals surface area contributed by atoms with E-state index in [-0.39, 0.29) is 11.8 Å². The van der Waals surface area contributed by atoms with Gasteiger partial charge >= 0.3 is 17.9 Å². The number of hydrogen-bond acceptors (Lipinski definition) is 12. The lowest BCUT2D eigenvalue weighted by molar-refractivity contribution is -0.213. The highest BCUT2D eigenvalue weighted by atomic mass is 35.5. The average molecular weight is 574 g/mol. The van der Waals surface area contributed by atoms with Crippen LogP contribution in [0.3, 0.4) is 0 Å². The van der Waals surface area contributed by atoms with Crippen LogP contribution in [0.1, 0.15) is 26.3 Å². The Morgan fingerprint density at radius 3 is 2.36 bits per heavy atom. The van der Waals surface area contributed by atoms with Crippen LogP contribution in [0.15, 0.2) is 59.0 Å². The third kappa shape index (κ3) is 7.40. The van der Waals surface area contributed by atoms with Crippen LogP contribution in [0.5, 0.6) is 0 Å². The fourth-order valence-electron chi connectivity index (χ4n) is 3.71. The molecule has 2 aromatic heterocycles. The van der Waals surface area contributed by atoms with Crippen molar-refractivity contribution in [3.63, 3.8) is 0 Å². The van der Waals surface area contributed by atoms with Crippen LogP contribution in [0.2, 0.25) is 5.02 Å². The first-order valence-corrected chi connectivity index (χ1v) is 12.9. The van der Waals surface area contributed by atoms with Crippen molar-refractivity contribution in [1.29, 1.82) is 0 Å². The van der Waals surface area contributed by atoms with E-state index >= 15 is 0 Å². The van der Waals surface area contributed by atoms with Gasteiger partial charge in [-0.15, -0.1) is 10.2 Å². The van der Waals surface area contributed by atoms with E-state index in [0.29, 0.717) is 16.4 Å². The molecular formula is C25H24ClN5O7S. The van der Waals surface area contributed by atoms with Crippen molar-refractivity contribution >= 4 is 47.5 Å². The molecule has 1 saturated heterocycles. The predicted octanol–water partition coefficient (Wildman–Crippen LogP) is 3.12. The molecule has 39 heavy (non-hydrogen) atoms. The predicted molar refractivity (Wildman–Crippen MR) is 140 cm³/mol. The Labute approximate surface area is 232 Å². The number of pyridine rings is 1. The number of benzene rings is 1. The molecule has 4 atom stereocenters. The topological polar surface area (TPSA) is 144 Å². The Morgan fingerprint density at radius 2 is 1.72 bits per heavy atom. The maximum atomic E-state index is 12.0. The van der Waals surface area contributed by atoms with Gasteiger partial charge in [0.1, 0.15) is 0 Å². The zero-order chi connectivity index (χ0) is 27.9. The van der Waals surface area contributed by atoms with Crippen LogP contribution in [-0.4, -0.2) is 74.3 Å². The highest BCUT2D eigenvalue weighted by molar-refractivity contribution is 7.99. The van der Waals surface area contributed by atoms with Crippen LogP contribution >= 0.6 is 23.4 Å². The van der Waals surface area contributed by atoms with E-state index in [2.05, 4.69) is 20.3 Å². The highest BCUT2D eigenvalue weighted by Gasteiger charge is 2.47. The van der Waals surface area contributed by atoms with Crippen molar-refractivity contribution in [2.45, 2.75) is 49.7 Å². The lowest BCUT2D eigenvalue weighted by Crippen LogP contribution is -2.56. The van der Waals surface area contributed by atoms with E-state index in [1.807, 2.05) is 0 Å². The summed E-state index contributed by atoms with van der Waals surface area (Å²) in [6.07, 6.45) is 1.61. The SMILES string of the molecule is CC(=O)O[C@@H]1[C@@H](OC(C)=O)[C@H](Sc2nnc(-c3cccnc3)n2/N=C/c2ccc(Cl)cc2)OC[C@@H]1OC(C)=O. The van der Waals surface area contributed by atoms with E-state index < -0.39 is 41.7 Å². The molecule has 3 heterocycles. The first-order valence-electron chi connectivity index (χ1n) is 11.7. The van der Waals surface area contributed by atoms with Gasteiger partial charge in [0, 0.05) is 43.8 Å². The molecule has 0 amide bonds. The molecule has 0 saturated carbocycles. The number of thioether (sulfide) groups is 1. The number of hydrogen-bond donors (Lipinski definition) is 0. The number of nitrogens with zero attached hydrogens (tertiary/aromatic N) is 5. The molecule has 14 heteroatoms. The Balaban J connectivity index is 1.70. The highest BCUT2D eigenvalue weighted by Crippen LogP contribution is 2.35. The van der Waals surface area contributed by atoms with E-state index in [1.54, 1.807) is 55.0 Å². The van der Waals surface area contributed by atoms with Crippen molar-refractivity contribution in [2.24, 2.45) is 5.10 Å². The molecule has 0 N–H and O–H groups in total. The molecule has 1 aliphatic rings. The molecular weight excluding hydrogens is 550 g/mol. The minimum Gasteiger partial charge on any atom is -0.456 e. The van der Waals surface area contributed by atoms with Crippen LogP contribution in [-0.2, 0) is 33.3 Å². The van der Waals surface area contributed by atoms with E-state index in [9.17, 15) is 14.4 Å². The summed E-state index contributed by atoms with van der Waals surface area (Å²) in [5.41, 5.74) is 0.506. The minimum atomic E-state index is -1.14. The van der Waals surface area contributed by atoms with Gasteiger partial charge in [-0.2, -0.15) is 9.78 Å². The number of esters is 3. The molecule has 0 bridgehead atoms. The molecule has 1 aliphatic heterocycles. The van der Waals surface area contributed by atoms with Gasteiger partial charge in [-0.1, -0.05) is 23.7 Å². The second-order valence-electron chi connectivity index (χ2n) is 8.27. The van der Waals surface area contributed by atoms with Gasteiger partial charge in [0.15, 0.2) is 29.6 Å². The molecule has 0 unspecified atom stereocenters. The molecule has 4 rings (SSSR count). The summed E-state index contributed by atoms with van der Waals surface area (Å²) in [4.78, 5) is 39.7. The smallest absolute Gasteiger partial charge is 0.303 e. The number of aromatic nitrogens is 4. The quantitative estimate of drug-likeness (QED) is 0.222. The van der Waals surface area contributed by atoms with Gasteiger partial charge in [0.25, 0.3) is 0 Å². The summed E-state index contributed by atoms with van der Waals surface area (Å²) in [5, 5.41) is 14.0. The number of rotatable bonds is 8. The van der Waals surface area contributed by atoms with Gasteiger partial charge in [-0.25, -0.2) is 0 Å². The minimum absolute atomic E-state index is 0.120. The molecule has 0 spiro atoms. The Morgan fingerprint density at radius 1 is 1.03 bits per heavy atom. The number of ether oxygens (including phenoxy) is 4. The number of carbonyl (C=O) groups excluding carboxylic acids is 3. The lowest BCUT2D eigenvalue weighted by Gasteiger charge is -2.39. The Hall–Kier alpha value is -3.81. The second kappa shape index (κ2) is 12.8. The van der Waals surface area contributed by atoms with Crippen molar-refractivity contribution in [1.82, 2.24) is 19.9 Å². The van der Waals surface area contributed by atoms with Crippen molar-refractivity contribution in [3.05, 3.63) is 59.4 Å². The summed E-state index contributed by atoms with van der Waals surface area (Å²) in [7, 11) is 0. The summed E-state index contributed by atoms with van der Waals surface area (Å²) < 4.78 is 23.6. The van der Waals surface area contributed by atoms with Gasteiger partial charge in [-0.05, 0) is 41.6 Å². The number of halogens is 1. The lowest BCUT2D eigenvalue weighted by atomic mass is 10.1. The van der Waals surface area contributed by atoms with Crippen LogP contribution < -0.4 is 0 Å². The van der Waals surface area contributed by atoms with E-state index in [1.165, 1.54) is 25.4 Å². The fourth-order valence-corrected chi connectivity index (χ4v) is 4.85. The van der Waals surface area contributed by atoms with E-state index in [0.717, 1.165) is 17.3 Å². The van der Waals surface area contributed by atoms with Gasteiger partial charge in [0.05, 0.1) is 12.8 Å². The van der Waals surface area contributed by atoms with Gasteiger partial charge in [0.2, 0.25) is 5.16 Å². The molecule has 3 aromatic rings. The normalized spacial score (nSPS) is 20.9. The summed E-state index contributed by atoms with van der Waals surface area (Å²) in [6.45, 7) is 3.51. The largest absolute Gasteiger partial charge is 0.456 e. The summed E-state index contributed by atoms with van der Waals surface area (Å²) in [5.74, 6) is -1.50. The zero-order valence-corrected chi connectivity index (χ0v) is 22.7. The third-order valence-electron chi connectivity index (χ3n) is 5.25. The molecule has 1 fully saturated rings. The van der Waals surface area contributed by atoms with Gasteiger partial charge in [-0.3, -0.25) is 19.4 Å². The Kier molecular flexibility index (Phi) is 9.28. The molecule has 1 aromatic carbocycles. The van der Waals surface area contributed by atoms with Crippen LogP contribution in [0.4, 0.5) is 0 Å². The first kappa shape index (κ1) is 28.2. The van der Waals surface area contributed by atoms with Crippen molar-refractivity contribution < 1.29 is 33.3 Å². The molecule has 12 nitrogen and oxygen atoms in total. The Bertz CT molecular complexity index is 1350.